The zero-order valence-corrected chi connectivity index (χ0v) is 13.1. The van der Waals surface area contributed by atoms with Gasteiger partial charge in [0, 0.05) is 16.7 Å². The standard InChI is InChI=1S/C15H21BrN2/c1-10(2)15(11(3)4)9-18-14-6-12(8-17)5-13(16)7-14/h5-7,10-11,15,18H,9H2,1-4H3. The van der Waals surface area contributed by atoms with E-state index in [1.807, 2.05) is 18.2 Å². The molecule has 0 bridgehead atoms. The third kappa shape index (κ3) is 4.34. The van der Waals surface area contributed by atoms with E-state index in [1.54, 1.807) is 0 Å². The van der Waals surface area contributed by atoms with Crippen molar-refractivity contribution in [2.75, 3.05) is 11.9 Å². The monoisotopic (exact) mass is 308 g/mol. The summed E-state index contributed by atoms with van der Waals surface area (Å²) in [6, 6.07) is 7.90. The number of rotatable bonds is 5. The van der Waals surface area contributed by atoms with Crippen LogP contribution in [0.3, 0.4) is 0 Å². The molecule has 0 saturated carbocycles. The number of hydrogen-bond acceptors (Lipinski definition) is 2. The van der Waals surface area contributed by atoms with Crippen LogP contribution in [-0.4, -0.2) is 6.54 Å². The summed E-state index contributed by atoms with van der Waals surface area (Å²) >= 11 is 3.43. The molecule has 3 heteroatoms. The van der Waals surface area contributed by atoms with E-state index in [-0.39, 0.29) is 0 Å². The first-order chi connectivity index (χ1) is 8.43. The van der Waals surface area contributed by atoms with Crippen molar-refractivity contribution >= 4 is 21.6 Å². The second-order valence-corrected chi connectivity index (χ2v) is 6.29. The third-order valence-electron chi connectivity index (χ3n) is 3.28. The molecule has 1 rings (SSSR count). The maximum atomic E-state index is 8.94. The largest absolute Gasteiger partial charge is 0.385 e. The normalized spacial score (nSPS) is 11.1. The van der Waals surface area contributed by atoms with Gasteiger partial charge in [0.25, 0.3) is 0 Å². The minimum Gasteiger partial charge on any atom is -0.385 e. The number of halogens is 1. The molecule has 0 aromatic heterocycles. The Hall–Kier alpha value is -1.01. The van der Waals surface area contributed by atoms with Crippen LogP contribution in [0, 0.1) is 29.1 Å². The Morgan fingerprint density at radius 3 is 2.28 bits per heavy atom. The van der Waals surface area contributed by atoms with Gasteiger partial charge in [0.2, 0.25) is 0 Å². The van der Waals surface area contributed by atoms with Gasteiger partial charge in [-0.25, -0.2) is 0 Å². The maximum absolute atomic E-state index is 8.94. The first-order valence-corrected chi connectivity index (χ1v) is 7.18. The van der Waals surface area contributed by atoms with E-state index in [1.165, 1.54) is 0 Å². The SMILES string of the molecule is CC(C)C(CNc1cc(Br)cc(C#N)c1)C(C)C. The summed E-state index contributed by atoms with van der Waals surface area (Å²) in [6.07, 6.45) is 0. The number of anilines is 1. The van der Waals surface area contributed by atoms with Crippen molar-refractivity contribution in [3.63, 3.8) is 0 Å². The Bertz CT molecular complexity index is 425. The summed E-state index contributed by atoms with van der Waals surface area (Å²) in [5.74, 6) is 1.94. The second-order valence-electron chi connectivity index (χ2n) is 5.37. The fourth-order valence-corrected chi connectivity index (χ4v) is 2.73. The highest BCUT2D eigenvalue weighted by atomic mass is 79.9. The van der Waals surface area contributed by atoms with Crippen molar-refractivity contribution in [1.29, 1.82) is 5.26 Å². The molecule has 0 aliphatic rings. The second kappa shape index (κ2) is 6.80. The van der Waals surface area contributed by atoms with Gasteiger partial charge >= 0.3 is 0 Å². The van der Waals surface area contributed by atoms with Gasteiger partial charge in [-0.3, -0.25) is 0 Å². The highest BCUT2D eigenvalue weighted by Crippen LogP contribution is 2.23. The van der Waals surface area contributed by atoms with Gasteiger partial charge in [-0.15, -0.1) is 0 Å². The first-order valence-electron chi connectivity index (χ1n) is 6.38. The molecular formula is C15H21BrN2. The van der Waals surface area contributed by atoms with Gasteiger partial charge in [0.1, 0.15) is 0 Å². The van der Waals surface area contributed by atoms with Crippen LogP contribution in [0.1, 0.15) is 33.3 Å². The molecule has 2 nitrogen and oxygen atoms in total. The number of nitrogens with one attached hydrogen (secondary N) is 1. The Morgan fingerprint density at radius 2 is 1.78 bits per heavy atom. The van der Waals surface area contributed by atoms with Crippen LogP contribution in [0.4, 0.5) is 5.69 Å². The number of hydrogen-bond donors (Lipinski definition) is 1. The van der Waals surface area contributed by atoms with Crippen molar-refractivity contribution < 1.29 is 0 Å². The molecule has 0 aliphatic heterocycles. The van der Waals surface area contributed by atoms with Crippen LogP contribution in [0.5, 0.6) is 0 Å². The summed E-state index contributed by atoms with van der Waals surface area (Å²) in [4.78, 5) is 0. The highest BCUT2D eigenvalue weighted by Gasteiger charge is 2.17. The number of nitrogens with zero attached hydrogens (tertiary/aromatic N) is 1. The van der Waals surface area contributed by atoms with E-state index in [0.717, 1.165) is 16.7 Å². The molecule has 0 amide bonds. The Morgan fingerprint density at radius 1 is 1.17 bits per heavy atom. The van der Waals surface area contributed by atoms with Crippen LogP contribution in [0.15, 0.2) is 22.7 Å². The van der Waals surface area contributed by atoms with Gasteiger partial charge in [-0.05, 0) is 36.0 Å². The maximum Gasteiger partial charge on any atom is 0.0992 e. The van der Waals surface area contributed by atoms with Gasteiger partial charge < -0.3 is 5.32 Å². The van der Waals surface area contributed by atoms with Crippen LogP contribution >= 0.6 is 15.9 Å². The Labute approximate surface area is 119 Å². The van der Waals surface area contributed by atoms with Gasteiger partial charge in [-0.1, -0.05) is 43.6 Å². The van der Waals surface area contributed by atoms with Gasteiger partial charge in [0.05, 0.1) is 11.6 Å². The highest BCUT2D eigenvalue weighted by molar-refractivity contribution is 9.10. The predicted octanol–water partition coefficient (Wildman–Crippen LogP) is 4.66. The van der Waals surface area contributed by atoms with Gasteiger partial charge in [-0.2, -0.15) is 5.26 Å². The minimum atomic E-state index is 0.634. The quantitative estimate of drug-likeness (QED) is 0.858. The molecule has 18 heavy (non-hydrogen) atoms. The minimum absolute atomic E-state index is 0.634. The topological polar surface area (TPSA) is 35.8 Å². The third-order valence-corrected chi connectivity index (χ3v) is 3.74. The van der Waals surface area contributed by atoms with Gasteiger partial charge in [0.15, 0.2) is 0 Å². The summed E-state index contributed by atoms with van der Waals surface area (Å²) < 4.78 is 0.940. The molecule has 0 atom stereocenters. The molecule has 98 valence electrons. The molecule has 0 unspecified atom stereocenters. The van der Waals surface area contributed by atoms with Crippen molar-refractivity contribution in [2.24, 2.45) is 17.8 Å². The smallest absolute Gasteiger partial charge is 0.0992 e. The summed E-state index contributed by atoms with van der Waals surface area (Å²) in [5.41, 5.74) is 1.68. The molecule has 0 heterocycles. The lowest BCUT2D eigenvalue weighted by Gasteiger charge is -2.25. The van der Waals surface area contributed by atoms with Crippen LogP contribution < -0.4 is 5.32 Å². The average molecular weight is 309 g/mol. The van der Waals surface area contributed by atoms with Crippen LogP contribution in [0.2, 0.25) is 0 Å². The zero-order chi connectivity index (χ0) is 13.7. The van der Waals surface area contributed by atoms with Crippen molar-refractivity contribution in [1.82, 2.24) is 0 Å². The summed E-state index contributed by atoms with van der Waals surface area (Å²) in [6.45, 7) is 9.97. The zero-order valence-electron chi connectivity index (χ0n) is 11.5. The van der Waals surface area contributed by atoms with E-state index in [4.69, 9.17) is 5.26 Å². The number of nitriles is 1. The molecular weight excluding hydrogens is 288 g/mol. The molecule has 0 aliphatic carbocycles. The lowest BCUT2D eigenvalue weighted by atomic mass is 9.85. The molecule has 0 radical (unpaired) electrons. The molecule has 0 fully saturated rings. The fraction of sp³-hybridized carbons (Fsp3) is 0.533. The van der Waals surface area contributed by atoms with Crippen molar-refractivity contribution in [2.45, 2.75) is 27.7 Å². The Kier molecular flexibility index (Phi) is 5.68. The van der Waals surface area contributed by atoms with Crippen LogP contribution in [-0.2, 0) is 0 Å². The lowest BCUT2D eigenvalue weighted by Crippen LogP contribution is -2.24. The molecule has 1 N–H and O–H groups in total. The average Bonchev–Trinajstić information content (AvgIpc) is 2.27. The summed E-state index contributed by atoms with van der Waals surface area (Å²) in [7, 11) is 0. The Balaban J connectivity index is 2.74. The fourth-order valence-electron chi connectivity index (χ4n) is 2.23. The van der Waals surface area contributed by atoms with E-state index in [0.29, 0.717) is 23.3 Å². The predicted molar refractivity (Wildman–Crippen MR) is 80.5 cm³/mol. The first kappa shape index (κ1) is 15.0. The van der Waals surface area contributed by atoms with E-state index in [2.05, 4.69) is 55.0 Å². The van der Waals surface area contributed by atoms with Crippen molar-refractivity contribution in [3.05, 3.63) is 28.2 Å². The summed E-state index contributed by atoms with van der Waals surface area (Å²) in [5, 5.41) is 12.4. The van der Waals surface area contributed by atoms with Crippen LogP contribution in [0.25, 0.3) is 0 Å². The van der Waals surface area contributed by atoms with E-state index >= 15 is 0 Å². The molecule has 0 spiro atoms. The number of benzene rings is 1. The molecule has 1 aromatic carbocycles. The van der Waals surface area contributed by atoms with E-state index < -0.39 is 0 Å². The lowest BCUT2D eigenvalue weighted by molar-refractivity contribution is 0.304. The van der Waals surface area contributed by atoms with E-state index in [9.17, 15) is 0 Å². The molecule has 1 aromatic rings. The molecule has 0 saturated heterocycles. The van der Waals surface area contributed by atoms with Crippen molar-refractivity contribution in [3.8, 4) is 6.07 Å².